The van der Waals surface area contributed by atoms with Crippen molar-refractivity contribution in [3.63, 3.8) is 0 Å². The largest absolute Gasteiger partial charge is 0.481 e. The second-order valence-electron chi connectivity index (χ2n) is 5.03. The molecular formula is C15H18N4O. The van der Waals surface area contributed by atoms with Gasteiger partial charge >= 0.3 is 0 Å². The van der Waals surface area contributed by atoms with E-state index in [9.17, 15) is 0 Å². The molecule has 0 aliphatic carbocycles. The zero-order valence-electron chi connectivity index (χ0n) is 11.8. The van der Waals surface area contributed by atoms with E-state index in [1.54, 1.807) is 13.4 Å². The number of nitrogens with zero attached hydrogens (tertiary/aromatic N) is 3. The van der Waals surface area contributed by atoms with Crippen LogP contribution in [-0.4, -0.2) is 23.6 Å². The molecule has 0 saturated heterocycles. The third-order valence-electron chi connectivity index (χ3n) is 3.75. The molecule has 20 heavy (non-hydrogen) atoms. The Bertz CT molecular complexity index is 642. The molecule has 1 aromatic heterocycles. The first-order valence-corrected chi connectivity index (χ1v) is 6.67. The predicted molar refractivity (Wildman–Crippen MR) is 78.9 cm³/mol. The standard InChI is InChI=1S/C15H18N4O/c1-10-14(17-9-18-15(10)20-2)19-6-5-11-3-4-13(16)7-12(11)8-19/h3-4,7,9H,5-6,8,16H2,1-2H3. The number of hydrogen-bond acceptors (Lipinski definition) is 5. The molecule has 0 saturated carbocycles. The minimum absolute atomic E-state index is 0.633. The lowest BCUT2D eigenvalue weighted by Crippen LogP contribution is -2.31. The Morgan fingerprint density at radius 3 is 2.90 bits per heavy atom. The van der Waals surface area contributed by atoms with Crippen LogP contribution in [0.4, 0.5) is 11.5 Å². The molecule has 0 atom stereocenters. The van der Waals surface area contributed by atoms with Crippen molar-refractivity contribution in [2.45, 2.75) is 19.9 Å². The second kappa shape index (κ2) is 5.00. The maximum Gasteiger partial charge on any atom is 0.221 e. The molecule has 0 amide bonds. The monoisotopic (exact) mass is 270 g/mol. The van der Waals surface area contributed by atoms with Crippen LogP contribution >= 0.6 is 0 Å². The van der Waals surface area contributed by atoms with E-state index < -0.39 is 0 Å². The molecule has 2 N–H and O–H groups in total. The van der Waals surface area contributed by atoms with Gasteiger partial charge in [0.1, 0.15) is 12.1 Å². The summed E-state index contributed by atoms with van der Waals surface area (Å²) in [5.74, 6) is 1.57. The van der Waals surface area contributed by atoms with E-state index in [0.29, 0.717) is 5.88 Å². The lowest BCUT2D eigenvalue weighted by Gasteiger charge is -2.31. The third kappa shape index (κ3) is 2.15. The van der Waals surface area contributed by atoms with Crippen molar-refractivity contribution >= 4 is 11.5 Å². The first kappa shape index (κ1) is 12.7. The highest BCUT2D eigenvalue weighted by molar-refractivity contribution is 5.54. The molecule has 104 valence electrons. The summed E-state index contributed by atoms with van der Waals surface area (Å²) >= 11 is 0. The van der Waals surface area contributed by atoms with Crippen LogP contribution in [0.2, 0.25) is 0 Å². The Balaban J connectivity index is 1.94. The molecule has 2 aromatic rings. The maximum atomic E-state index is 5.88. The molecular weight excluding hydrogens is 252 g/mol. The fraction of sp³-hybridized carbons (Fsp3) is 0.333. The van der Waals surface area contributed by atoms with Crippen molar-refractivity contribution in [2.75, 3.05) is 24.3 Å². The molecule has 1 aliphatic rings. The predicted octanol–water partition coefficient (Wildman–Crippen LogP) is 1.94. The number of aromatic nitrogens is 2. The summed E-state index contributed by atoms with van der Waals surface area (Å²) in [6.45, 7) is 3.75. The van der Waals surface area contributed by atoms with E-state index in [1.165, 1.54) is 11.1 Å². The van der Waals surface area contributed by atoms with Gasteiger partial charge in [-0.15, -0.1) is 0 Å². The van der Waals surface area contributed by atoms with Crippen molar-refractivity contribution < 1.29 is 4.74 Å². The number of hydrogen-bond donors (Lipinski definition) is 1. The SMILES string of the molecule is COc1ncnc(N2CCc3ccc(N)cc3C2)c1C. The quantitative estimate of drug-likeness (QED) is 0.845. The number of nitrogen functional groups attached to an aromatic ring is 1. The average molecular weight is 270 g/mol. The van der Waals surface area contributed by atoms with Gasteiger partial charge in [0.15, 0.2) is 0 Å². The summed E-state index contributed by atoms with van der Waals surface area (Å²) in [4.78, 5) is 10.8. The summed E-state index contributed by atoms with van der Waals surface area (Å²) in [7, 11) is 1.63. The van der Waals surface area contributed by atoms with Crippen LogP contribution in [0.5, 0.6) is 5.88 Å². The highest BCUT2D eigenvalue weighted by Gasteiger charge is 2.20. The summed E-state index contributed by atoms with van der Waals surface area (Å²) in [6, 6.07) is 6.14. The molecule has 1 aliphatic heterocycles. The zero-order chi connectivity index (χ0) is 14.1. The van der Waals surface area contributed by atoms with Gasteiger partial charge in [0, 0.05) is 18.8 Å². The summed E-state index contributed by atoms with van der Waals surface area (Å²) in [5, 5.41) is 0. The van der Waals surface area contributed by atoms with E-state index in [2.05, 4.69) is 27.0 Å². The average Bonchev–Trinajstić information content (AvgIpc) is 2.46. The van der Waals surface area contributed by atoms with Crippen molar-refractivity contribution in [3.05, 3.63) is 41.2 Å². The second-order valence-corrected chi connectivity index (χ2v) is 5.03. The van der Waals surface area contributed by atoms with Crippen LogP contribution in [0.25, 0.3) is 0 Å². The van der Waals surface area contributed by atoms with Crippen LogP contribution in [0.3, 0.4) is 0 Å². The van der Waals surface area contributed by atoms with Crippen LogP contribution in [-0.2, 0) is 13.0 Å². The molecule has 5 heteroatoms. The minimum atomic E-state index is 0.633. The fourth-order valence-electron chi connectivity index (χ4n) is 2.71. The molecule has 0 spiro atoms. The lowest BCUT2D eigenvalue weighted by molar-refractivity contribution is 0.393. The topological polar surface area (TPSA) is 64.3 Å². The molecule has 0 fully saturated rings. The first-order chi connectivity index (χ1) is 9.69. The van der Waals surface area contributed by atoms with Gasteiger partial charge in [0.2, 0.25) is 5.88 Å². The first-order valence-electron chi connectivity index (χ1n) is 6.67. The number of rotatable bonds is 2. The van der Waals surface area contributed by atoms with E-state index >= 15 is 0 Å². The summed E-state index contributed by atoms with van der Waals surface area (Å²) in [6.07, 6.45) is 2.55. The molecule has 2 heterocycles. The van der Waals surface area contributed by atoms with E-state index in [1.807, 2.05) is 13.0 Å². The van der Waals surface area contributed by atoms with Gasteiger partial charge in [-0.25, -0.2) is 9.97 Å². The van der Waals surface area contributed by atoms with E-state index in [0.717, 1.165) is 36.6 Å². The Kier molecular flexibility index (Phi) is 3.18. The van der Waals surface area contributed by atoms with Crippen molar-refractivity contribution in [2.24, 2.45) is 0 Å². The van der Waals surface area contributed by atoms with Crippen LogP contribution in [0.15, 0.2) is 24.5 Å². The number of ether oxygens (including phenoxy) is 1. The van der Waals surface area contributed by atoms with Crippen molar-refractivity contribution in [1.82, 2.24) is 9.97 Å². The maximum absolute atomic E-state index is 5.88. The number of nitrogens with two attached hydrogens (primary N) is 1. The molecule has 5 nitrogen and oxygen atoms in total. The number of fused-ring (bicyclic) bond motifs is 1. The van der Waals surface area contributed by atoms with Crippen molar-refractivity contribution in [1.29, 1.82) is 0 Å². The van der Waals surface area contributed by atoms with Gasteiger partial charge in [-0.05, 0) is 36.6 Å². The summed E-state index contributed by atoms with van der Waals surface area (Å²) in [5.41, 5.74) is 10.3. The van der Waals surface area contributed by atoms with Crippen LogP contribution in [0.1, 0.15) is 16.7 Å². The van der Waals surface area contributed by atoms with Gasteiger partial charge in [0.05, 0.1) is 12.7 Å². The minimum Gasteiger partial charge on any atom is -0.481 e. The molecule has 1 aromatic carbocycles. The summed E-state index contributed by atoms with van der Waals surface area (Å²) < 4.78 is 5.27. The third-order valence-corrected chi connectivity index (χ3v) is 3.75. The van der Waals surface area contributed by atoms with Gasteiger partial charge in [-0.1, -0.05) is 6.07 Å². The van der Waals surface area contributed by atoms with Crippen molar-refractivity contribution in [3.8, 4) is 5.88 Å². The van der Waals surface area contributed by atoms with Crippen LogP contribution < -0.4 is 15.4 Å². The van der Waals surface area contributed by atoms with Gasteiger partial charge < -0.3 is 15.4 Å². The fourth-order valence-corrected chi connectivity index (χ4v) is 2.71. The smallest absolute Gasteiger partial charge is 0.221 e. The highest BCUT2D eigenvalue weighted by Crippen LogP contribution is 2.29. The van der Waals surface area contributed by atoms with E-state index in [4.69, 9.17) is 10.5 Å². The Hall–Kier alpha value is -2.30. The highest BCUT2D eigenvalue weighted by atomic mass is 16.5. The Labute approximate surface area is 118 Å². The Morgan fingerprint density at radius 2 is 2.10 bits per heavy atom. The van der Waals surface area contributed by atoms with Gasteiger partial charge in [0.25, 0.3) is 0 Å². The van der Waals surface area contributed by atoms with Crippen LogP contribution in [0, 0.1) is 6.92 Å². The van der Waals surface area contributed by atoms with Gasteiger partial charge in [-0.2, -0.15) is 0 Å². The molecule has 0 unspecified atom stereocenters. The number of methoxy groups -OCH3 is 1. The van der Waals surface area contributed by atoms with E-state index in [-0.39, 0.29) is 0 Å². The molecule has 3 rings (SSSR count). The van der Waals surface area contributed by atoms with Gasteiger partial charge in [-0.3, -0.25) is 0 Å². The molecule has 0 bridgehead atoms. The number of benzene rings is 1. The Morgan fingerprint density at radius 1 is 1.25 bits per heavy atom. The number of anilines is 2. The molecule has 0 radical (unpaired) electrons. The zero-order valence-corrected chi connectivity index (χ0v) is 11.8. The normalized spacial score (nSPS) is 14.0. The lowest BCUT2D eigenvalue weighted by atomic mass is 9.99.